The first-order valence-electron chi connectivity index (χ1n) is 6.21. The Labute approximate surface area is 94.1 Å². The van der Waals surface area contributed by atoms with E-state index in [0.29, 0.717) is 6.04 Å². The third-order valence-corrected chi connectivity index (χ3v) is 2.35. The Bertz CT molecular complexity index is 181. The molecule has 15 heavy (non-hydrogen) atoms. The van der Waals surface area contributed by atoms with Crippen molar-refractivity contribution in [3.05, 3.63) is 12.2 Å². The van der Waals surface area contributed by atoms with E-state index in [2.05, 4.69) is 26.1 Å². The third-order valence-electron chi connectivity index (χ3n) is 2.35. The van der Waals surface area contributed by atoms with Gasteiger partial charge in [0.2, 0.25) is 5.91 Å². The summed E-state index contributed by atoms with van der Waals surface area (Å²) in [7, 11) is 0. The van der Waals surface area contributed by atoms with Gasteiger partial charge in [-0.2, -0.15) is 0 Å². The molecule has 0 aromatic carbocycles. The molecule has 0 radical (unpaired) electrons. The molecule has 0 bridgehead atoms. The number of nitrogens with one attached hydrogen (secondary N) is 1. The Hall–Kier alpha value is -0.790. The monoisotopic (exact) mass is 211 g/mol. The van der Waals surface area contributed by atoms with Crippen molar-refractivity contribution in [2.45, 2.75) is 65.3 Å². The van der Waals surface area contributed by atoms with Gasteiger partial charge in [0.15, 0.2) is 0 Å². The topological polar surface area (TPSA) is 29.1 Å². The first kappa shape index (κ1) is 14.2. The summed E-state index contributed by atoms with van der Waals surface area (Å²) in [6.45, 7) is 6.42. The minimum atomic E-state index is 0.0651. The summed E-state index contributed by atoms with van der Waals surface area (Å²) in [5.41, 5.74) is 0. The van der Waals surface area contributed by atoms with Crippen LogP contribution in [0.25, 0.3) is 0 Å². The molecule has 0 aliphatic carbocycles. The summed E-state index contributed by atoms with van der Waals surface area (Å²) in [5.74, 6) is 0.0651. The fraction of sp³-hybridized carbons (Fsp3) is 0.769. The van der Waals surface area contributed by atoms with Crippen LogP contribution in [0.3, 0.4) is 0 Å². The fourth-order valence-corrected chi connectivity index (χ4v) is 1.59. The van der Waals surface area contributed by atoms with Gasteiger partial charge in [-0.15, -0.1) is 0 Å². The normalized spacial score (nSPS) is 11.2. The molecule has 0 saturated heterocycles. The molecular formula is C13H25NO. The first-order chi connectivity index (χ1) is 7.24. The lowest BCUT2D eigenvalue weighted by Crippen LogP contribution is -2.33. The van der Waals surface area contributed by atoms with Crippen LogP contribution < -0.4 is 5.32 Å². The van der Waals surface area contributed by atoms with Gasteiger partial charge in [0, 0.05) is 6.04 Å². The maximum atomic E-state index is 11.5. The van der Waals surface area contributed by atoms with Gasteiger partial charge in [0.25, 0.3) is 0 Å². The lowest BCUT2D eigenvalue weighted by molar-refractivity contribution is -0.117. The van der Waals surface area contributed by atoms with Crippen molar-refractivity contribution < 1.29 is 4.79 Å². The van der Waals surface area contributed by atoms with Crippen molar-refractivity contribution in [1.82, 2.24) is 5.32 Å². The summed E-state index contributed by atoms with van der Waals surface area (Å²) < 4.78 is 0. The highest BCUT2D eigenvalue weighted by Gasteiger charge is 2.07. The standard InChI is InChI=1S/C13H25NO/c1-4-7-8-11-13(15)14-12(9-5-2)10-6-3/h8,11-12H,4-7,9-10H2,1-3H3,(H,14,15). The minimum Gasteiger partial charge on any atom is -0.350 e. The molecule has 2 heteroatoms. The van der Waals surface area contributed by atoms with Crippen molar-refractivity contribution in [2.75, 3.05) is 0 Å². The molecule has 1 N–H and O–H groups in total. The quantitative estimate of drug-likeness (QED) is 0.612. The summed E-state index contributed by atoms with van der Waals surface area (Å²) in [4.78, 5) is 11.5. The molecule has 0 atom stereocenters. The van der Waals surface area contributed by atoms with Gasteiger partial charge in [0.05, 0.1) is 0 Å². The number of hydrogen-bond donors (Lipinski definition) is 1. The van der Waals surface area contributed by atoms with Gasteiger partial charge in [-0.1, -0.05) is 46.1 Å². The molecule has 0 aliphatic heterocycles. The molecule has 0 aromatic heterocycles. The second-order valence-corrected chi connectivity index (χ2v) is 3.97. The molecule has 0 aromatic rings. The molecule has 1 amide bonds. The second kappa shape index (κ2) is 9.75. The minimum absolute atomic E-state index is 0.0651. The van der Waals surface area contributed by atoms with Crippen LogP contribution in [-0.2, 0) is 4.79 Å². The molecule has 0 saturated carbocycles. The van der Waals surface area contributed by atoms with Gasteiger partial charge < -0.3 is 5.32 Å². The molecule has 0 rings (SSSR count). The summed E-state index contributed by atoms with van der Waals surface area (Å²) in [6.07, 6.45) is 10.1. The summed E-state index contributed by atoms with van der Waals surface area (Å²) in [5, 5.41) is 3.05. The van der Waals surface area contributed by atoms with Crippen LogP contribution in [0.2, 0.25) is 0 Å². The van der Waals surface area contributed by atoms with E-state index in [-0.39, 0.29) is 5.91 Å². The highest BCUT2D eigenvalue weighted by molar-refractivity contribution is 5.87. The van der Waals surface area contributed by atoms with Gasteiger partial charge >= 0.3 is 0 Å². The lowest BCUT2D eigenvalue weighted by atomic mass is 10.1. The molecule has 0 aliphatic rings. The van der Waals surface area contributed by atoms with E-state index < -0.39 is 0 Å². The fourth-order valence-electron chi connectivity index (χ4n) is 1.59. The van der Waals surface area contributed by atoms with Crippen LogP contribution in [0.5, 0.6) is 0 Å². The van der Waals surface area contributed by atoms with E-state index in [9.17, 15) is 4.79 Å². The highest BCUT2D eigenvalue weighted by atomic mass is 16.1. The zero-order chi connectivity index (χ0) is 11.5. The Kier molecular flexibility index (Phi) is 9.24. The molecule has 0 fully saturated rings. The van der Waals surface area contributed by atoms with Crippen LogP contribution in [0.4, 0.5) is 0 Å². The maximum Gasteiger partial charge on any atom is 0.243 e. The molecular weight excluding hydrogens is 186 g/mol. The molecule has 0 spiro atoms. The average molecular weight is 211 g/mol. The number of hydrogen-bond acceptors (Lipinski definition) is 1. The Morgan fingerprint density at radius 1 is 1.13 bits per heavy atom. The third kappa shape index (κ3) is 8.22. The summed E-state index contributed by atoms with van der Waals surface area (Å²) >= 11 is 0. The van der Waals surface area contributed by atoms with Crippen LogP contribution in [-0.4, -0.2) is 11.9 Å². The zero-order valence-corrected chi connectivity index (χ0v) is 10.4. The van der Waals surface area contributed by atoms with Gasteiger partial charge in [0.1, 0.15) is 0 Å². The second-order valence-electron chi connectivity index (χ2n) is 3.97. The van der Waals surface area contributed by atoms with Crippen LogP contribution in [0, 0.1) is 0 Å². The Morgan fingerprint density at radius 3 is 2.20 bits per heavy atom. The smallest absolute Gasteiger partial charge is 0.243 e. The van der Waals surface area contributed by atoms with Crippen molar-refractivity contribution >= 4 is 5.91 Å². The Morgan fingerprint density at radius 2 is 1.73 bits per heavy atom. The van der Waals surface area contributed by atoms with Crippen molar-refractivity contribution in [3.63, 3.8) is 0 Å². The van der Waals surface area contributed by atoms with E-state index in [1.54, 1.807) is 6.08 Å². The predicted molar refractivity (Wildman–Crippen MR) is 65.8 cm³/mol. The predicted octanol–water partition coefficient (Wildman–Crippen LogP) is 3.43. The van der Waals surface area contributed by atoms with Crippen molar-refractivity contribution in [1.29, 1.82) is 0 Å². The van der Waals surface area contributed by atoms with Crippen LogP contribution in [0.1, 0.15) is 59.3 Å². The number of carbonyl (C=O) groups excluding carboxylic acids is 1. The number of rotatable bonds is 8. The SMILES string of the molecule is CCCC=CC(=O)NC(CCC)CCC. The van der Waals surface area contributed by atoms with Gasteiger partial charge in [-0.3, -0.25) is 4.79 Å². The lowest BCUT2D eigenvalue weighted by Gasteiger charge is -2.15. The van der Waals surface area contributed by atoms with E-state index >= 15 is 0 Å². The molecule has 2 nitrogen and oxygen atoms in total. The zero-order valence-electron chi connectivity index (χ0n) is 10.4. The van der Waals surface area contributed by atoms with E-state index in [4.69, 9.17) is 0 Å². The first-order valence-corrected chi connectivity index (χ1v) is 6.21. The number of carbonyl (C=O) groups is 1. The average Bonchev–Trinajstić information content (AvgIpc) is 2.19. The number of allylic oxidation sites excluding steroid dienone is 1. The number of unbranched alkanes of at least 4 members (excludes halogenated alkanes) is 1. The summed E-state index contributed by atoms with van der Waals surface area (Å²) in [6, 6.07) is 0.360. The largest absolute Gasteiger partial charge is 0.350 e. The van der Waals surface area contributed by atoms with Crippen molar-refractivity contribution in [3.8, 4) is 0 Å². The van der Waals surface area contributed by atoms with E-state index in [1.165, 1.54) is 0 Å². The van der Waals surface area contributed by atoms with Gasteiger partial charge in [-0.05, 0) is 25.3 Å². The van der Waals surface area contributed by atoms with Crippen LogP contribution >= 0.6 is 0 Å². The van der Waals surface area contributed by atoms with E-state index in [1.807, 2.05) is 6.08 Å². The number of amides is 1. The maximum absolute atomic E-state index is 11.5. The Balaban J connectivity index is 3.87. The highest BCUT2D eigenvalue weighted by Crippen LogP contribution is 2.04. The molecule has 0 heterocycles. The van der Waals surface area contributed by atoms with Crippen molar-refractivity contribution in [2.24, 2.45) is 0 Å². The molecule has 0 unspecified atom stereocenters. The van der Waals surface area contributed by atoms with Gasteiger partial charge in [-0.25, -0.2) is 0 Å². The van der Waals surface area contributed by atoms with E-state index in [0.717, 1.165) is 38.5 Å². The molecule has 88 valence electrons. The van der Waals surface area contributed by atoms with Crippen LogP contribution in [0.15, 0.2) is 12.2 Å².